The quantitative estimate of drug-likeness (QED) is 0.802. The highest BCUT2D eigenvalue weighted by atomic mass is 79.9. The molecule has 76 valence electrons. The Bertz CT molecular complexity index is 464. The van der Waals surface area contributed by atoms with Crippen LogP contribution in [0, 0.1) is 0 Å². The highest BCUT2D eigenvalue weighted by molar-refractivity contribution is 9.10. The van der Waals surface area contributed by atoms with E-state index < -0.39 is 0 Å². The molecule has 2 aromatic heterocycles. The number of nitrogens with zero attached hydrogens (tertiary/aromatic N) is 1. The number of aromatic nitrogens is 1. The van der Waals surface area contributed by atoms with Crippen LogP contribution in [0.4, 0.5) is 0 Å². The molecule has 0 bridgehead atoms. The maximum Gasteiger partial charge on any atom is 0.179 e. The summed E-state index contributed by atoms with van der Waals surface area (Å²) >= 11 is 3.17. The van der Waals surface area contributed by atoms with E-state index in [9.17, 15) is 4.79 Å². The molecule has 0 aliphatic heterocycles. The van der Waals surface area contributed by atoms with Gasteiger partial charge in [0.25, 0.3) is 0 Å². The Labute approximate surface area is 95.3 Å². The van der Waals surface area contributed by atoms with Crippen LogP contribution in [0.25, 0.3) is 0 Å². The highest BCUT2D eigenvalue weighted by Gasteiger charge is 2.13. The molecule has 0 fully saturated rings. The minimum atomic E-state index is -0.00525. The first-order chi connectivity index (χ1) is 7.27. The van der Waals surface area contributed by atoms with Crippen LogP contribution in [0.3, 0.4) is 0 Å². The van der Waals surface area contributed by atoms with Gasteiger partial charge in [-0.15, -0.1) is 0 Å². The van der Waals surface area contributed by atoms with Crippen molar-refractivity contribution in [1.29, 1.82) is 0 Å². The topological polar surface area (TPSA) is 43.1 Å². The lowest BCUT2D eigenvalue weighted by Crippen LogP contribution is -2.04. The minimum Gasteiger partial charge on any atom is -0.457 e. The SMILES string of the molecule is O=C(Cc1ccccn1)c1ccoc1Br. The van der Waals surface area contributed by atoms with Gasteiger partial charge in [0.05, 0.1) is 18.2 Å². The van der Waals surface area contributed by atoms with E-state index in [0.717, 1.165) is 5.69 Å². The molecule has 0 unspecified atom stereocenters. The van der Waals surface area contributed by atoms with Gasteiger partial charge in [-0.3, -0.25) is 9.78 Å². The molecule has 4 heteroatoms. The Kier molecular flexibility index (Phi) is 2.97. The number of pyridine rings is 1. The molecular formula is C11H8BrNO2. The van der Waals surface area contributed by atoms with Gasteiger partial charge >= 0.3 is 0 Å². The number of rotatable bonds is 3. The Morgan fingerprint density at radius 2 is 2.27 bits per heavy atom. The molecule has 0 N–H and O–H groups in total. The average molecular weight is 266 g/mol. The molecule has 2 heterocycles. The predicted molar refractivity (Wildman–Crippen MR) is 58.7 cm³/mol. The third-order valence-electron chi connectivity index (χ3n) is 1.99. The second-order valence-electron chi connectivity index (χ2n) is 3.03. The maximum atomic E-state index is 11.8. The van der Waals surface area contributed by atoms with Crippen molar-refractivity contribution >= 4 is 21.7 Å². The van der Waals surface area contributed by atoms with Crippen molar-refractivity contribution in [2.24, 2.45) is 0 Å². The Morgan fingerprint density at radius 1 is 1.40 bits per heavy atom. The molecule has 0 spiro atoms. The second kappa shape index (κ2) is 4.40. The summed E-state index contributed by atoms with van der Waals surface area (Å²) in [6, 6.07) is 7.16. The van der Waals surface area contributed by atoms with Crippen LogP contribution in [0.1, 0.15) is 16.1 Å². The number of halogens is 1. The average Bonchev–Trinajstić information content (AvgIpc) is 2.66. The molecule has 2 rings (SSSR count). The first-order valence-corrected chi connectivity index (χ1v) is 5.23. The zero-order chi connectivity index (χ0) is 10.7. The van der Waals surface area contributed by atoms with Crippen LogP contribution >= 0.6 is 15.9 Å². The molecular weight excluding hydrogens is 258 g/mol. The number of furan rings is 1. The van der Waals surface area contributed by atoms with Gasteiger partial charge in [0, 0.05) is 11.9 Å². The molecule has 0 saturated heterocycles. The van der Waals surface area contributed by atoms with Crippen molar-refractivity contribution in [3.8, 4) is 0 Å². The third-order valence-corrected chi connectivity index (χ3v) is 2.60. The van der Waals surface area contributed by atoms with Crippen molar-refractivity contribution in [1.82, 2.24) is 4.98 Å². The third kappa shape index (κ3) is 2.33. The monoisotopic (exact) mass is 265 g/mol. The van der Waals surface area contributed by atoms with E-state index in [2.05, 4.69) is 20.9 Å². The molecule has 3 nitrogen and oxygen atoms in total. The fourth-order valence-electron chi connectivity index (χ4n) is 1.26. The smallest absolute Gasteiger partial charge is 0.179 e. The molecule has 0 saturated carbocycles. The first-order valence-electron chi connectivity index (χ1n) is 4.43. The molecule has 0 atom stereocenters. The fourth-order valence-corrected chi connectivity index (χ4v) is 1.72. The number of carbonyl (C=O) groups excluding carboxylic acids is 1. The van der Waals surface area contributed by atoms with Crippen molar-refractivity contribution in [3.05, 3.63) is 52.7 Å². The summed E-state index contributed by atoms with van der Waals surface area (Å²) in [4.78, 5) is 15.9. The summed E-state index contributed by atoms with van der Waals surface area (Å²) in [5, 5.41) is 0. The van der Waals surface area contributed by atoms with Gasteiger partial charge in [-0.2, -0.15) is 0 Å². The van der Waals surface area contributed by atoms with E-state index in [0.29, 0.717) is 16.7 Å². The molecule has 0 aliphatic carbocycles. The van der Waals surface area contributed by atoms with E-state index in [1.807, 2.05) is 18.2 Å². The van der Waals surface area contributed by atoms with Crippen molar-refractivity contribution in [3.63, 3.8) is 0 Å². The summed E-state index contributed by atoms with van der Waals surface area (Å²) in [6.45, 7) is 0. The lowest BCUT2D eigenvalue weighted by atomic mass is 10.1. The maximum absolute atomic E-state index is 11.8. The lowest BCUT2D eigenvalue weighted by Gasteiger charge is -1.97. The van der Waals surface area contributed by atoms with E-state index in [1.54, 1.807) is 12.3 Å². The van der Waals surface area contributed by atoms with Crippen LogP contribution < -0.4 is 0 Å². The number of hydrogen-bond donors (Lipinski definition) is 0. The molecule has 15 heavy (non-hydrogen) atoms. The van der Waals surface area contributed by atoms with Gasteiger partial charge in [-0.25, -0.2) is 0 Å². The Morgan fingerprint density at radius 3 is 2.87 bits per heavy atom. The Hall–Kier alpha value is -1.42. The molecule has 0 amide bonds. The fraction of sp³-hybridized carbons (Fsp3) is 0.0909. The summed E-state index contributed by atoms with van der Waals surface area (Å²) in [5.74, 6) is -0.00525. The largest absolute Gasteiger partial charge is 0.457 e. The number of Topliss-reactive ketones (excluding diaryl/α,β-unsaturated/α-hetero) is 1. The van der Waals surface area contributed by atoms with Gasteiger partial charge in [-0.05, 0) is 34.1 Å². The molecule has 0 aromatic carbocycles. The van der Waals surface area contributed by atoms with Crippen LogP contribution in [0.5, 0.6) is 0 Å². The molecule has 0 radical (unpaired) electrons. The zero-order valence-electron chi connectivity index (χ0n) is 7.81. The van der Waals surface area contributed by atoms with Crippen LogP contribution in [-0.2, 0) is 6.42 Å². The summed E-state index contributed by atoms with van der Waals surface area (Å²) in [7, 11) is 0. The van der Waals surface area contributed by atoms with Crippen LogP contribution in [0.15, 0.2) is 45.8 Å². The summed E-state index contributed by atoms with van der Waals surface area (Å²) in [5.41, 5.74) is 1.32. The van der Waals surface area contributed by atoms with Crippen molar-refractivity contribution in [2.45, 2.75) is 6.42 Å². The zero-order valence-corrected chi connectivity index (χ0v) is 9.40. The normalized spacial score (nSPS) is 10.2. The van der Waals surface area contributed by atoms with Gasteiger partial charge in [-0.1, -0.05) is 6.07 Å². The minimum absolute atomic E-state index is 0.00525. The second-order valence-corrected chi connectivity index (χ2v) is 3.75. The number of carbonyl (C=O) groups is 1. The van der Waals surface area contributed by atoms with Gasteiger partial charge < -0.3 is 4.42 Å². The van der Waals surface area contributed by atoms with Gasteiger partial charge in [0.15, 0.2) is 10.5 Å². The Balaban J connectivity index is 2.15. The van der Waals surface area contributed by atoms with Crippen molar-refractivity contribution < 1.29 is 9.21 Å². The summed E-state index contributed by atoms with van der Waals surface area (Å²) in [6.07, 6.45) is 3.45. The number of hydrogen-bond acceptors (Lipinski definition) is 3. The lowest BCUT2D eigenvalue weighted by molar-refractivity contribution is 0.0990. The first kappa shape index (κ1) is 10.1. The highest BCUT2D eigenvalue weighted by Crippen LogP contribution is 2.19. The number of ketones is 1. The predicted octanol–water partition coefficient (Wildman–Crippen LogP) is 2.86. The van der Waals surface area contributed by atoms with E-state index in [1.165, 1.54) is 6.26 Å². The van der Waals surface area contributed by atoms with Gasteiger partial charge in [0.1, 0.15) is 0 Å². The van der Waals surface area contributed by atoms with E-state index in [-0.39, 0.29) is 5.78 Å². The van der Waals surface area contributed by atoms with Crippen LogP contribution in [0.2, 0.25) is 0 Å². The van der Waals surface area contributed by atoms with E-state index in [4.69, 9.17) is 4.42 Å². The van der Waals surface area contributed by atoms with Crippen molar-refractivity contribution in [2.75, 3.05) is 0 Å². The van der Waals surface area contributed by atoms with E-state index >= 15 is 0 Å². The van der Waals surface area contributed by atoms with Gasteiger partial charge in [0.2, 0.25) is 0 Å². The molecule has 0 aliphatic rings. The molecule has 2 aromatic rings. The van der Waals surface area contributed by atoms with Crippen LogP contribution in [-0.4, -0.2) is 10.8 Å². The standard InChI is InChI=1S/C11H8BrNO2/c12-11-9(4-6-15-11)10(14)7-8-3-1-2-5-13-8/h1-6H,7H2. The summed E-state index contributed by atoms with van der Waals surface area (Å²) < 4.78 is 5.47.